The summed E-state index contributed by atoms with van der Waals surface area (Å²) in [6.07, 6.45) is 0.932. The second kappa shape index (κ2) is 17.6. The number of aliphatic hydroxyl groups is 1. The van der Waals surface area contributed by atoms with Crippen LogP contribution in [0, 0.1) is 0 Å². The first kappa shape index (κ1) is 37.2. The summed E-state index contributed by atoms with van der Waals surface area (Å²) in [6.45, 7) is 7.01. The zero-order chi connectivity index (χ0) is 34.6. The highest BCUT2D eigenvalue weighted by atomic mass is 32.2. The zero-order valence-corrected chi connectivity index (χ0v) is 27.9. The standard InChI is InChI=1S/C34H45N5O7S/c1-4-16-38(17-5-2)34(44)27-20-26(21-29(22-27)47(35,45)46)32(42)36-30(19-24-12-14-28(40)15-13-24)31(41)23-39(18-6-3)37-33(43)25-10-8-7-9-11-25/h7-15,20-22,30-31,40-41H,4-6,16-19,23H2,1-3H3,(H,36,42)(H,37,43)(H2,35,45,46). The Morgan fingerprint density at radius 3 is 1.98 bits per heavy atom. The summed E-state index contributed by atoms with van der Waals surface area (Å²) in [5, 5.41) is 31.1. The number of phenols is 1. The fourth-order valence-electron chi connectivity index (χ4n) is 5.09. The van der Waals surface area contributed by atoms with Gasteiger partial charge in [-0.3, -0.25) is 19.8 Å². The Balaban J connectivity index is 1.94. The first-order chi connectivity index (χ1) is 22.4. The van der Waals surface area contributed by atoms with Crippen LogP contribution in [-0.4, -0.2) is 84.6 Å². The highest BCUT2D eigenvalue weighted by Crippen LogP contribution is 2.19. The molecule has 47 heavy (non-hydrogen) atoms. The molecule has 0 aromatic heterocycles. The van der Waals surface area contributed by atoms with Crippen LogP contribution in [0.4, 0.5) is 0 Å². The first-order valence-electron chi connectivity index (χ1n) is 15.7. The van der Waals surface area contributed by atoms with Crippen molar-refractivity contribution in [2.45, 2.75) is 63.5 Å². The highest BCUT2D eigenvalue weighted by Gasteiger charge is 2.27. The average Bonchev–Trinajstić information content (AvgIpc) is 3.04. The first-order valence-corrected chi connectivity index (χ1v) is 17.3. The van der Waals surface area contributed by atoms with E-state index in [1.807, 2.05) is 20.8 Å². The molecule has 3 rings (SSSR count). The maximum absolute atomic E-state index is 13.7. The molecule has 3 amide bonds. The van der Waals surface area contributed by atoms with Crippen molar-refractivity contribution in [3.63, 3.8) is 0 Å². The molecule has 3 aromatic carbocycles. The van der Waals surface area contributed by atoms with Gasteiger partial charge in [-0.1, -0.05) is 51.1 Å². The molecule has 2 unspecified atom stereocenters. The summed E-state index contributed by atoms with van der Waals surface area (Å²) < 4.78 is 24.8. The largest absolute Gasteiger partial charge is 0.508 e. The summed E-state index contributed by atoms with van der Waals surface area (Å²) in [5.74, 6) is -1.48. The summed E-state index contributed by atoms with van der Waals surface area (Å²) in [5.41, 5.74) is 3.81. The molecule has 6 N–H and O–H groups in total. The number of phenolic OH excluding ortho intramolecular Hbond substituents is 1. The van der Waals surface area contributed by atoms with E-state index in [0.29, 0.717) is 50.0 Å². The minimum absolute atomic E-state index is 0.00282. The number of aliphatic hydroxyl groups excluding tert-OH is 1. The van der Waals surface area contributed by atoms with Crippen LogP contribution in [0.15, 0.2) is 77.7 Å². The maximum atomic E-state index is 13.7. The molecule has 254 valence electrons. The van der Waals surface area contributed by atoms with Gasteiger partial charge in [0.15, 0.2) is 0 Å². The highest BCUT2D eigenvalue weighted by molar-refractivity contribution is 7.89. The van der Waals surface area contributed by atoms with E-state index in [2.05, 4.69) is 10.7 Å². The lowest BCUT2D eigenvalue weighted by atomic mass is 9.99. The number of amides is 3. The number of benzene rings is 3. The minimum Gasteiger partial charge on any atom is -0.508 e. The van der Waals surface area contributed by atoms with Crippen molar-refractivity contribution < 1.29 is 33.0 Å². The molecular weight excluding hydrogens is 622 g/mol. The molecule has 3 aromatic rings. The molecule has 0 aliphatic carbocycles. The van der Waals surface area contributed by atoms with Crippen LogP contribution in [-0.2, 0) is 16.4 Å². The molecule has 2 atom stereocenters. The normalized spacial score (nSPS) is 12.7. The van der Waals surface area contributed by atoms with Gasteiger partial charge in [-0.25, -0.2) is 18.6 Å². The van der Waals surface area contributed by atoms with Gasteiger partial charge in [0.25, 0.3) is 17.7 Å². The van der Waals surface area contributed by atoms with Gasteiger partial charge in [-0.15, -0.1) is 0 Å². The number of aromatic hydroxyl groups is 1. The Morgan fingerprint density at radius 1 is 0.809 bits per heavy atom. The molecular formula is C34H45N5O7S. The van der Waals surface area contributed by atoms with Crippen molar-refractivity contribution in [1.82, 2.24) is 20.7 Å². The smallest absolute Gasteiger partial charge is 0.265 e. The van der Waals surface area contributed by atoms with Gasteiger partial charge in [-0.2, -0.15) is 0 Å². The number of nitrogens with zero attached hydrogens (tertiary/aromatic N) is 2. The third-order valence-electron chi connectivity index (χ3n) is 7.39. The van der Waals surface area contributed by atoms with Gasteiger partial charge >= 0.3 is 0 Å². The monoisotopic (exact) mass is 667 g/mol. The van der Waals surface area contributed by atoms with E-state index in [9.17, 15) is 33.0 Å². The zero-order valence-electron chi connectivity index (χ0n) is 27.1. The van der Waals surface area contributed by atoms with Gasteiger partial charge in [0.05, 0.1) is 17.0 Å². The molecule has 0 spiro atoms. The number of hydrogen-bond donors (Lipinski definition) is 5. The number of hydrazine groups is 1. The summed E-state index contributed by atoms with van der Waals surface area (Å²) in [4.78, 5) is 41.2. The number of rotatable bonds is 17. The molecule has 0 fully saturated rings. The van der Waals surface area contributed by atoms with E-state index in [0.717, 1.165) is 12.1 Å². The number of primary sulfonamides is 1. The number of carbonyl (C=O) groups excluding carboxylic acids is 3. The van der Waals surface area contributed by atoms with E-state index in [-0.39, 0.29) is 35.7 Å². The van der Waals surface area contributed by atoms with Gasteiger partial charge < -0.3 is 20.4 Å². The lowest BCUT2D eigenvalue weighted by Gasteiger charge is -2.30. The number of hydrogen-bond acceptors (Lipinski definition) is 8. The lowest BCUT2D eigenvalue weighted by molar-refractivity contribution is 0.0451. The molecule has 0 bridgehead atoms. The van der Waals surface area contributed by atoms with Crippen LogP contribution >= 0.6 is 0 Å². The van der Waals surface area contributed by atoms with Crippen LogP contribution in [0.2, 0.25) is 0 Å². The summed E-state index contributed by atoms with van der Waals surface area (Å²) in [7, 11) is -4.29. The fraction of sp³-hybridized carbons (Fsp3) is 0.382. The van der Waals surface area contributed by atoms with E-state index < -0.39 is 38.9 Å². The van der Waals surface area contributed by atoms with Gasteiger partial charge in [0.2, 0.25) is 10.0 Å². The van der Waals surface area contributed by atoms with E-state index in [4.69, 9.17) is 5.14 Å². The maximum Gasteiger partial charge on any atom is 0.265 e. The van der Waals surface area contributed by atoms with E-state index >= 15 is 0 Å². The fourth-order valence-corrected chi connectivity index (χ4v) is 5.67. The number of carbonyl (C=O) groups is 3. The minimum atomic E-state index is -4.29. The Hall–Kier alpha value is -4.30. The number of nitrogens with two attached hydrogens (primary N) is 1. The molecule has 0 aliphatic heterocycles. The summed E-state index contributed by atoms with van der Waals surface area (Å²) >= 11 is 0. The van der Waals surface area contributed by atoms with Crippen molar-refractivity contribution in [3.05, 3.63) is 95.1 Å². The number of nitrogens with one attached hydrogen (secondary N) is 2. The molecule has 13 heteroatoms. The van der Waals surface area contributed by atoms with Crippen molar-refractivity contribution in [3.8, 4) is 5.75 Å². The van der Waals surface area contributed by atoms with Crippen LogP contribution < -0.4 is 15.9 Å². The van der Waals surface area contributed by atoms with Crippen molar-refractivity contribution in [2.24, 2.45) is 5.14 Å². The Bertz CT molecular complexity index is 1590. The quantitative estimate of drug-likeness (QED) is 0.136. The average molecular weight is 668 g/mol. The van der Waals surface area contributed by atoms with Crippen LogP contribution in [0.3, 0.4) is 0 Å². The van der Waals surface area contributed by atoms with Crippen LogP contribution in [0.25, 0.3) is 0 Å². The SMILES string of the molecule is CCCN(CC(O)C(Cc1ccc(O)cc1)NC(=O)c1cc(C(=O)N(CCC)CCC)cc(S(N)(=O)=O)c1)NC(=O)c1ccccc1. The summed E-state index contributed by atoms with van der Waals surface area (Å²) in [6, 6.07) is 17.5. The molecule has 0 saturated carbocycles. The molecule has 0 saturated heterocycles. The van der Waals surface area contributed by atoms with E-state index in [1.54, 1.807) is 52.4 Å². The number of sulfonamides is 1. The van der Waals surface area contributed by atoms with Crippen LogP contribution in [0.1, 0.15) is 76.7 Å². The van der Waals surface area contributed by atoms with Crippen LogP contribution in [0.5, 0.6) is 5.75 Å². The van der Waals surface area contributed by atoms with Gasteiger partial charge in [0, 0.05) is 42.9 Å². The third-order valence-corrected chi connectivity index (χ3v) is 8.28. The predicted octanol–water partition coefficient (Wildman–Crippen LogP) is 3.06. The van der Waals surface area contributed by atoms with E-state index in [1.165, 1.54) is 18.2 Å². The Labute approximate surface area is 276 Å². The second-order valence-electron chi connectivity index (χ2n) is 11.4. The van der Waals surface area contributed by atoms with Gasteiger partial charge in [0.1, 0.15) is 5.75 Å². The van der Waals surface area contributed by atoms with Crippen molar-refractivity contribution in [2.75, 3.05) is 26.2 Å². The molecule has 0 heterocycles. The third kappa shape index (κ3) is 11.2. The molecule has 0 radical (unpaired) electrons. The Morgan fingerprint density at radius 2 is 1.40 bits per heavy atom. The second-order valence-corrected chi connectivity index (χ2v) is 12.9. The topological polar surface area (TPSA) is 182 Å². The Kier molecular flexibility index (Phi) is 13.9. The molecule has 0 aliphatic rings. The predicted molar refractivity (Wildman–Crippen MR) is 179 cm³/mol. The molecule has 12 nitrogen and oxygen atoms in total. The van der Waals surface area contributed by atoms with Crippen molar-refractivity contribution in [1.29, 1.82) is 0 Å². The lowest BCUT2D eigenvalue weighted by Crippen LogP contribution is -2.53. The van der Waals surface area contributed by atoms with Crippen molar-refractivity contribution >= 4 is 27.7 Å². The van der Waals surface area contributed by atoms with Gasteiger partial charge in [-0.05, 0) is 73.7 Å².